The molecule has 3 aromatic heterocycles. The number of carboxylic acids is 1. The highest BCUT2D eigenvalue weighted by molar-refractivity contribution is 7.21. The fraction of sp³-hybridized carbons (Fsp3) is 0.121. The summed E-state index contributed by atoms with van der Waals surface area (Å²) in [5.41, 5.74) is 2.59. The predicted octanol–water partition coefficient (Wildman–Crippen LogP) is 6.62. The summed E-state index contributed by atoms with van der Waals surface area (Å²) in [6.45, 7) is 0.107. The number of carbonyl (C=O) groups is 1. The van der Waals surface area contributed by atoms with E-state index < -0.39 is 17.9 Å². The molecule has 0 saturated heterocycles. The van der Waals surface area contributed by atoms with Gasteiger partial charge in [-0.1, -0.05) is 42.5 Å². The van der Waals surface area contributed by atoms with Gasteiger partial charge in [0, 0.05) is 17.5 Å². The summed E-state index contributed by atoms with van der Waals surface area (Å²) in [6, 6.07) is 22.1. The van der Waals surface area contributed by atoms with Gasteiger partial charge in [-0.25, -0.2) is 29.1 Å². The average molecular weight is 610 g/mol. The molecule has 0 aliphatic carbocycles. The number of hydrogen-bond acceptors (Lipinski definition) is 9. The van der Waals surface area contributed by atoms with E-state index in [9.17, 15) is 14.3 Å². The van der Waals surface area contributed by atoms with Crippen molar-refractivity contribution in [3.8, 4) is 39.2 Å². The Bertz CT molecular complexity index is 1990. The third kappa shape index (κ3) is 6.32. The van der Waals surface area contributed by atoms with Gasteiger partial charge in [0.05, 0.1) is 25.1 Å². The zero-order valence-corrected chi connectivity index (χ0v) is 24.1. The maximum Gasteiger partial charge on any atom is 0.345 e. The maximum atomic E-state index is 13.5. The van der Waals surface area contributed by atoms with Crippen LogP contribution in [0, 0.1) is 5.82 Å². The van der Waals surface area contributed by atoms with Crippen molar-refractivity contribution >= 4 is 27.5 Å². The molecule has 3 heterocycles. The van der Waals surface area contributed by atoms with Crippen LogP contribution in [0.25, 0.3) is 32.0 Å². The second kappa shape index (κ2) is 12.8. The molecular formula is C33H25FN4O5S. The Morgan fingerprint density at radius 1 is 1.00 bits per heavy atom. The van der Waals surface area contributed by atoms with Gasteiger partial charge in [-0.05, 0) is 53.6 Å². The summed E-state index contributed by atoms with van der Waals surface area (Å²) in [5.74, 6) is -0.0265. The van der Waals surface area contributed by atoms with Crippen LogP contribution in [0.15, 0.2) is 97.4 Å². The highest BCUT2D eigenvalue weighted by atomic mass is 32.1. The number of para-hydroxylation sites is 2. The number of methoxy groups -OCH3 is 1. The number of fused-ring (bicyclic) bond motifs is 1. The van der Waals surface area contributed by atoms with E-state index in [1.807, 2.05) is 24.3 Å². The highest BCUT2D eigenvalue weighted by Crippen LogP contribution is 2.36. The molecule has 0 fully saturated rings. The minimum atomic E-state index is -1.35. The summed E-state index contributed by atoms with van der Waals surface area (Å²) < 4.78 is 39.7. The van der Waals surface area contributed by atoms with E-state index in [4.69, 9.17) is 15.6 Å². The van der Waals surface area contributed by atoms with Gasteiger partial charge in [0.2, 0.25) is 12.0 Å². The molecule has 44 heavy (non-hydrogen) atoms. The normalized spacial score (nSPS) is 12.0. The van der Waals surface area contributed by atoms with E-state index >= 15 is 0 Å². The number of carboxylic acid groups (broad SMARTS) is 1. The molecule has 0 amide bonds. The number of halogens is 1. The van der Waals surface area contributed by atoms with Crippen molar-refractivity contribution in [1.82, 2.24) is 19.9 Å². The van der Waals surface area contributed by atoms with Crippen LogP contribution in [0.3, 0.4) is 0 Å². The van der Waals surface area contributed by atoms with Gasteiger partial charge in [-0.2, -0.15) is 0 Å². The zero-order chi connectivity index (χ0) is 31.3. The number of nitrogens with zero attached hydrogens (tertiary/aromatic N) is 4. The van der Waals surface area contributed by atoms with Gasteiger partial charge >= 0.3 is 5.97 Å². The lowest BCUT2D eigenvalue weighted by Crippen LogP contribution is -2.30. The van der Waals surface area contributed by atoms with Crippen molar-refractivity contribution in [3.05, 3.63) is 115 Å². The van der Waals surface area contributed by atoms with Gasteiger partial charge in [0.15, 0.2) is 5.82 Å². The molecule has 1 atom stereocenters. The molecule has 3 aromatic carbocycles. The fourth-order valence-corrected chi connectivity index (χ4v) is 5.45. The molecule has 0 bridgehead atoms. The largest absolute Gasteiger partial charge is 0.496 e. The van der Waals surface area contributed by atoms with Gasteiger partial charge < -0.3 is 19.3 Å². The molecule has 11 heteroatoms. The summed E-state index contributed by atoms with van der Waals surface area (Å²) >= 11 is 1.22. The highest BCUT2D eigenvalue weighted by Gasteiger charge is 2.24. The van der Waals surface area contributed by atoms with Crippen LogP contribution in [0.2, 0.25) is 0 Å². The van der Waals surface area contributed by atoms with Crippen LogP contribution in [-0.4, -0.2) is 44.2 Å². The molecule has 6 rings (SSSR count). The number of hydrogen-bond donors (Lipinski definition) is 1. The average Bonchev–Trinajstić information content (AvgIpc) is 3.41. The lowest BCUT2D eigenvalue weighted by Gasteiger charge is -2.17. The van der Waals surface area contributed by atoms with Crippen molar-refractivity contribution in [2.24, 2.45) is 0 Å². The Hall–Kier alpha value is -5.42. The summed E-state index contributed by atoms with van der Waals surface area (Å²) in [4.78, 5) is 30.8. The van der Waals surface area contributed by atoms with E-state index in [1.165, 1.54) is 29.8 Å². The third-order valence-electron chi connectivity index (χ3n) is 6.67. The Labute approximate surface area is 257 Å². The number of thiophene rings is 1. The number of aromatic nitrogens is 4. The first-order valence-corrected chi connectivity index (χ1v) is 14.3. The Kier molecular flexibility index (Phi) is 8.00. The first kappa shape index (κ1) is 27.4. The zero-order valence-electron chi connectivity index (χ0n) is 24.3. The first-order valence-electron chi connectivity index (χ1n) is 14.0. The van der Waals surface area contributed by atoms with E-state index in [-0.39, 0.29) is 30.3 Å². The molecule has 0 aliphatic heterocycles. The Morgan fingerprint density at radius 2 is 1.77 bits per heavy atom. The van der Waals surface area contributed by atoms with Crippen molar-refractivity contribution in [2.45, 2.75) is 19.1 Å². The molecule has 0 unspecified atom stereocenters. The number of benzene rings is 3. The molecule has 220 valence electrons. The summed E-state index contributed by atoms with van der Waals surface area (Å²) in [7, 11) is 1.58. The van der Waals surface area contributed by atoms with Crippen molar-refractivity contribution in [3.63, 3.8) is 0 Å². The SMILES string of the molecule is [2H]c1c(-c2ccc(F)cc2)sc2ncnc(O[C@H](Cc3ccccc3OCc3ccnc(-c4ccccc4OC)n3)C(=O)O)c12. The molecule has 0 aliphatic rings. The van der Waals surface area contributed by atoms with Crippen molar-refractivity contribution in [2.75, 3.05) is 7.11 Å². The molecule has 1 N–H and O–H groups in total. The molecule has 6 aromatic rings. The molecular weight excluding hydrogens is 583 g/mol. The van der Waals surface area contributed by atoms with E-state index in [0.717, 1.165) is 5.56 Å². The van der Waals surface area contributed by atoms with Crippen LogP contribution >= 0.6 is 11.3 Å². The summed E-state index contributed by atoms with van der Waals surface area (Å²) in [6.07, 6.45) is 1.51. The fourth-order valence-electron chi connectivity index (χ4n) is 4.51. The van der Waals surface area contributed by atoms with Gasteiger partial charge in [-0.15, -0.1) is 11.3 Å². The van der Waals surface area contributed by atoms with Crippen molar-refractivity contribution < 1.29 is 29.9 Å². The smallest absolute Gasteiger partial charge is 0.345 e. The van der Waals surface area contributed by atoms with E-state index in [1.54, 1.807) is 55.8 Å². The maximum absolute atomic E-state index is 13.5. The second-order valence-corrected chi connectivity index (χ2v) is 10.5. The monoisotopic (exact) mass is 609 g/mol. The van der Waals surface area contributed by atoms with E-state index in [0.29, 0.717) is 43.9 Å². The predicted molar refractivity (Wildman–Crippen MR) is 163 cm³/mol. The van der Waals surface area contributed by atoms with Gasteiger partial charge in [0.1, 0.15) is 35.1 Å². The summed E-state index contributed by atoms with van der Waals surface area (Å²) in [5, 5.41) is 10.4. The lowest BCUT2D eigenvalue weighted by atomic mass is 10.1. The molecule has 0 saturated carbocycles. The molecule has 0 spiro atoms. The van der Waals surface area contributed by atoms with Gasteiger partial charge in [-0.3, -0.25) is 0 Å². The molecule has 9 nitrogen and oxygen atoms in total. The van der Waals surface area contributed by atoms with E-state index in [2.05, 4.69) is 19.9 Å². The van der Waals surface area contributed by atoms with Crippen LogP contribution in [0.4, 0.5) is 4.39 Å². The molecule has 0 radical (unpaired) electrons. The quantitative estimate of drug-likeness (QED) is 0.173. The number of rotatable bonds is 11. The van der Waals surface area contributed by atoms with Crippen LogP contribution in [-0.2, 0) is 17.8 Å². The topological polar surface area (TPSA) is 117 Å². The Balaban J connectivity index is 1.22. The standard InChI is InChI=1S/C33H25FN4O5S/c1-41-27-9-5-3-7-24(27)30-35-15-14-23(38-30)18-42-26-8-4-2-6-21(26)16-28(33(39)40)43-31-25-17-29(44-32(25)37-19-36-31)20-10-12-22(34)13-11-20/h2-15,17,19,28H,16,18H2,1H3,(H,39,40)/t28-/m1/s1/i17D. The van der Waals surface area contributed by atoms with Crippen LogP contribution < -0.4 is 14.2 Å². The number of aliphatic carboxylic acids is 1. The van der Waals surface area contributed by atoms with Gasteiger partial charge in [0.25, 0.3) is 0 Å². The van der Waals surface area contributed by atoms with Crippen LogP contribution in [0.5, 0.6) is 17.4 Å². The lowest BCUT2D eigenvalue weighted by molar-refractivity contribution is -0.145. The third-order valence-corrected chi connectivity index (χ3v) is 7.71. The number of ether oxygens (including phenoxy) is 3. The van der Waals surface area contributed by atoms with Crippen molar-refractivity contribution in [1.29, 1.82) is 0 Å². The van der Waals surface area contributed by atoms with Crippen LogP contribution in [0.1, 0.15) is 12.6 Å². The second-order valence-electron chi connectivity index (χ2n) is 9.54. The minimum absolute atomic E-state index is 0.0229. The Morgan fingerprint density at radius 3 is 2.57 bits per heavy atom. The minimum Gasteiger partial charge on any atom is -0.496 e. The first-order chi connectivity index (χ1) is 21.9.